The second-order valence-electron chi connectivity index (χ2n) is 11.1. The average Bonchev–Trinajstić information content (AvgIpc) is 3.61. The maximum atomic E-state index is 13.4. The molecule has 0 spiro atoms. The van der Waals surface area contributed by atoms with E-state index in [1.807, 2.05) is 28.6 Å². The average molecular weight is 749 g/mol. The van der Waals surface area contributed by atoms with Gasteiger partial charge in [-0.2, -0.15) is 0 Å². The molecule has 5 rings (SSSR count). The zero-order valence-electron chi connectivity index (χ0n) is 25.4. The lowest BCUT2D eigenvalue weighted by molar-refractivity contribution is -0.124. The predicted octanol–water partition coefficient (Wildman–Crippen LogP) is 4.00. The summed E-state index contributed by atoms with van der Waals surface area (Å²) >= 11 is 3.67. The fourth-order valence-corrected chi connectivity index (χ4v) is 7.04. The molecule has 0 aliphatic carbocycles. The standard InChI is InChI=1S/C30H37IN8O5S/c1-18(40)8-4-3-5-9-20(36-29(42)21-10-6-7-12-38(21)2)28(41)33-11-13-39-27-25(26(32)34-16-35-27)37-30(39)45-24-15-23-22(14-19(24)31)43-17-44-23/h14-16,21H,3-13,17H2,1-2H3,(H,33,41)(H2,32,34,35)/b36-20+. The summed E-state index contributed by atoms with van der Waals surface area (Å²) in [5.74, 6) is 1.09. The fraction of sp³-hybridized carbons (Fsp3) is 0.500. The number of hydrogen-bond acceptors (Lipinski definition) is 11. The molecule has 1 fully saturated rings. The van der Waals surface area contributed by atoms with Crippen molar-refractivity contribution >= 4 is 74.6 Å². The Morgan fingerprint density at radius 3 is 2.69 bits per heavy atom. The number of aromatic nitrogens is 4. The summed E-state index contributed by atoms with van der Waals surface area (Å²) < 4.78 is 13.9. The Labute approximate surface area is 279 Å². The molecule has 2 aromatic heterocycles. The van der Waals surface area contributed by atoms with Crippen molar-refractivity contribution < 1.29 is 23.9 Å². The van der Waals surface area contributed by atoms with Crippen molar-refractivity contribution in [2.45, 2.75) is 80.9 Å². The van der Waals surface area contributed by atoms with E-state index in [1.54, 1.807) is 6.92 Å². The van der Waals surface area contributed by atoms with Gasteiger partial charge in [0.05, 0.1) is 6.04 Å². The molecule has 45 heavy (non-hydrogen) atoms. The Balaban J connectivity index is 1.31. The van der Waals surface area contributed by atoms with Gasteiger partial charge < -0.3 is 29.9 Å². The number of nitrogen functional groups attached to an aromatic ring is 1. The van der Waals surface area contributed by atoms with Crippen LogP contribution in [0.5, 0.6) is 11.5 Å². The summed E-state index contributed by atoms with van der Waals surface area (Å²) in [4.78, 5) is 58.4. The Bertz CT molecular complexity index is 1610. The number of nitrogens with zero attached hydrogens (tertiary/aromatic N) is 6. The van der Waals surface area contributed by atoms with Gasteiger partial charge in [0.2, 0.25) is 6.79 Å². The Morgan fingerprint density at radius 2 is 1.91 bits per heavy atom. The lowest BCUT2D eigenvalue weighted by atomic mass is 10.0. The molecule has 2 aliphatic rings. The van der Waals surface area contributed by atoms with Crippen LogP contribution < -0.4 is 20.5 Å². The van der Waals surface area contributed by atoms with Crippen LogP contribution in [0.1, 0.15) is 58.3 Å². The van der Waals surface area contributed by atoms with E-state index in [1.165, 1.54) is 18.1 Å². The van der Waals surface area contributed by atoms with E-state index in [0.717, 1.165) is 47.1 Å². The minimum atomic E-state index is -0.383. The van der Waals surface area contributed by atoms with Gasteiger partial charge >= 0.3 is 0 Å². The van der Waals surface area contributed by atoms with Crippen molar-refractivity contribution in [1.82, 2.24) is 29.7 Å². The van der Waals surface area contributed by atoms with Crippen molar-refractivity contribution in [2.75, 3.05) is 32.7 Å². The number of anilines is 1. The van der Waals surface area contributed by atoms with Crippen molar-refractivity contribution in [1.29, 1.82) is 0 Å². The monoisotopic (exact) mass is 748 g/mol. The number of Topliss-reactive ketones (excluding diaryl/α,β-unsaturated/α-hetero) is 1. The Hall–Kier alpha value is -3.31. The Morgan fingerprint density at radius 1 is 1.13 bits per heavy atom. The summed E-state index contributed by atoms with van der Waals surface area (Å²) in [6, 6.07) is 3.51. The normalized spacial score (nSPS) is 16.7. The number of rotatable bonds is 13. The predicted molar refractivity (Wildman–Crippen MR) is 179 cm³/mol. The first-order chi connectivity index (χ1) is 21.7. The van der Waals surface area contributed by atoms with Crippen LogP contribution in [0.2, 0.25) is 0 Å². The molecule has 0 bridgehead atoms. The molecule has 3 aromatic rings. The van der Waals surface area contributed by atoms with Gasteiger partial charge in [0.1, 0.15) is 17.8 Å². The van der Waals surface area contributed by atoms with E-state index in [2.05, 4.69) is 42.9 Å². The van der Waals surface area contributed by atoms with Crippen LogP contribution in [0.15, 0.2) is 33.5 Å². The highest BCUT2D eigenvalue weighted by atomic mass is 127. The van der Waals surface area contributed by atoms with Crippen LogP contribution >= 0.6 is 34.4 Å². The topological polar surface area (TPSA) is 167 Å². The van der Waals surface area contributed by atoms with Crippen molar-refractivity contribution in [3.63, 3.8) is 0 Å². The summed E-state index contributed by atoms with van der Waals surface area (Å²) in [5.41, 5.74) is 7.37. The van der Waals surface area contributed by atoms with E-state index in [-0.39, 0.29) is 48.5 Å². The molecule has 2 amide bonds. The first-order valence-corrected chi connectivity index (χ1v) is 16.9. The Kier molecular flexibility index (Phi) is 11.3. The molecule has 1 aromatic carbocycles. The fourth-order valence-electron chi connectivity index (χ4n) is 5.33. The molecule has 1 atom stereocenters. The van der Waals surface area contributed by atoms with E-state index in [0.29, 0.717) is 53.6 Å². The van der Waals surface area contributed by atoms with Crippen molar-refractivity contribution in [3.05, 3.63) is 22.0 Å². The van der Waals surface area contributed by atoms with Crippen molar-refractivity contribution in [2.24, 2.45) is 4.99 Å². The SMILES string of the molecule is CC(=O)CCCCC/C(=N\C(=O)C1CCCCN1C)C(=O)NCCn1c(Sc2cc3c(cc2I)OCO3)nc2c(N)ncnc21. The number of carbonyl (C=O) groups is 3. The number of imidazole rings is 1. The number of nitrogens with two attached hydrogens (primary N) is 1. The molecule has 4 heterocycles. The molecule has 1 unspecified atom stereocenters. The number of likely N-dealkylation sites (N-methyl/N-ethyl adjacent to an activating group) is 1. The van der Waals surface area contributed by atoms with Crippen LogP contribution in [0.25, 0.3) is 11.2 Å². The lowest BCUT2D eigenvalue weighted by Crippen LogP contribution is -2.42. The number of amides is 2. The van der Waals surface area contributed by atoms with E-state index < -0.39 is 0 Å². The van der Waals surface area contributed by atoms with Crippen molar-refractivity contribution in [3.8, 4) is 11.5 Å². The lowest BCUT2D eigenvalue weighted by Gasteiger charge is -2.29. The van der Waals surface area contributed by atoms with Gasteiger partial charge in [-0.1, -0.05) is 24.6 Å². The minimum Gasteiger partial charge on any atom is -0.454 e. The first-order valence-electron chi connectivity index (χ1n) is 15.0. The number of unbranched alkanes of at least 4 members (excludes halogenated alkanes) is 2. The van der Waals surface area contributed by atoms with Crippen LogP contribution in [-0.2, 0) is 20.9 Å². The molecule has 2 aliphatic heterocycles. The number of piperidine rings is 1. The van der Waals surface area contributed by atoms with Crippen LogP contribution in [-0.4, -0.2) is 80.7 Å². The highest BCUT2D eigenvalue weighted by Gasteiger charge is 2.27. The second-order valence-corrected chi connectivity index (χ2v) is 13.3. The number of halogens is 1. The van der Waals surface area contributed by atoms with E-state index in [4.69, 9.17) is 20.2 Å². The third-order valence-corrected chi connectivity index (χ3v) is 10.1. The van der Waals surface area contributed by atoms with Gasteiger partial charge in [-0.3, -0.25) is 14.5 Å². The van der Waals surface area contributed by atoms with Gasteiger partial charge in [-0.05, 0) is 87.3 Å². The highest BCUT2D eigenvalue weighted by Crippen LogP contribution is 2.41. The number of hydrogen-bond donors (Lipinski definition) is 2. The number of aliphatic imine (C=N–C) groups is 1. The molecule has 0 saturated carbocycles. The smallest absolute Gasteiger partial charge is 0.265 e. The quantitative estimate of drug-likeness (QED) is 0.147. The number of carbonyl (C=O) groups excluding carboxylic acids is 3. The molecular formula is C30H37IN8O5S. The molecule has 0 radical (unpaired) electrons. The van der Waals surface area contributed by atoms with Gasteiger partial charge in [0.15, 0.2) is 33.6 Å². The number of likely N-dealkylation sites (tertiary alicyclic amines) is 1. The third kappa shape index (κ3) is 8.30. The number of ether oxygens (including phenoxy) is 2. The number of fused-ring (bicyclic) bond motifs is 2. The largest absolute Gasteiger partial charge is 0.454 e. The zero-order valence-corrected chi connectivity index (χ0v) is 28.4. The van der Waals surface area contributed by atoms with E-state index in [9.17, 15) is 14.4 Å². The third-order valence-electron chi connectivity index (χ3n) is 7.78. The zero-order chi connectivity index (χ0) is 31.9. The van der Waals surface area contributed by atoms with E-state index >= 15 is 0 Å². The minimum absolute atomic E-state index is 0.141. The summed E-state index contributed by atoms with van der Waals surface area (Å²) in [5, 5.41) is 3.58. The van der Waals surface area contributed by atoms with Gasteiger partial charge in [0.25, 0.3) is 11.8 Å². The highest BCUT2D eigenvalue weighted by molar-refractivity contribution is 14.1. The van der Waals surface area contributed by atoms with Gasteiger partial charge in [-0.15, -0.1) is 0 Å². The van der Waals surface area contributed by atoms with Crippen LogP contribution in [0.3, 0.4) is 0 Å². The molecule has 1 saturated heterocycles. The molecule has 13 nitrogen and oxygen atoms in total. The van der Waals surface area contributed by atoms with Crippen LogP contribution in [0, 0.1) is 3.57 Å². The maximum absolute atomic E-state index is 13.4. The maximum Gasteiger partial charge on any atom is 0.265 e. The summed E-state index contributed by atoms with van der Waals surface area (Å²) in [6.45, 7) is 3.16. The molecule has 3 N–H and O–H groups in total. The first kappa shape index (κ1) is 33.1. The second kappa shape index (κ2) is 15.3. The number of nitrogens with one attached hydrogen (secondary N) is 1. The molecular weight excluding hydrogens is 711 g/mol. The molecule has 240 valence electrons. The molecule has 15 heteroatoms. The summed E-state index contributed by atoms with van der Waals surface area (Å²) in [7, 11) is 1.92. The number of benzene rings is 1. The van der Waals surface area contributed by atoms with Crippen LogP contribution in [0.4, 0.5) is 5.82 Å². The number of ketones is 1. The van der Waals surface area contributed by atoms with Gasteiger partial charge in [-0.25, -0.2) is 19.9 Å². The van der Waals surface area contributed by atoms with Gasteiger partial charge in [0, 0.05) is 28.0 Å². The summed E-state index contributed by atoms with van der Waals surface area (Å²) in [6.07, 6.45) is 7.14.